The van der Waals surface area contributed by atoms with Crippen LogP contribution in [0, 0.1) is 11.3 Å². The lowest BCUT2D eigenvalue weighted by atomic mass is 9.64. The van der Waals surface area contributed by atoms with Crippen molar-refractivity contribution in [3.8, 4) is 5.75 Å². The Morgan fingerprint density at radius 3 is 2.70 bits per heavy atom. The third-order valence-electron chi connectivity index (χ3n) is 8.16. The zero-order valence-corrected chi connectivity index (χ0v) is 20.6. The summed E-state index contributed by atoms with van der Waals surface area (Å²) in [5.74, 6) is -0.773. The van der Waals surface area contributed by atoms with Crippen LogP contribution in [0.15, 0.2) is 48.5 Å². The van der Waals surface area contributed by atoms with Crippen LogP contribution in [0.1, 0.15) is 66.6 Å². The van der Waals surface area contributed by atoms with Gasteiger partial charge in [-0.1, -0.05) is 24.3 Å². The molecule has 3 aliphatic heterocycles. The highest BCUT2D eigenvalue weighted by Gasteiger charge is 2.55. The maximum Gasteiger partial charge on any atom is 0.416 e. The fourth-order valence-corrected chi connectivity index (χ4v) is 6.26. The van der Waals surface area contributed by atoms with Crippen molar-refractivity contribution >= 4 is 11.9 Å². The van der Waals surface area contributed by atoms with Crippen LogP contribution in [-0.2, 0) is 15.7 Å². The first kappa shape index (κ1) is 25.6. The van der Waals surface area contributed by atoms with Gasteiger partial charge in [0.25, 0.3) is 5.91 Å². The van der Waals surface area contributed by atoms with Gasteiger partial charge in [-0.05, 0) is 56.9 Å². The first-order valence-corrected chi connectivity index (χ1v) is 12.6. The van der Waals surface area contributed by atoms with Gasteiger partial charge in [-0.25, -0.2) is 0 Å². The molecular formula is C28H30F3NO5. The fourth-order valence-electron chi connectivity index (χ4n) is 6.26. The summed E-state index contributed by atoms with van der Waals surface area (Å²) >= 11 is 0. The topological polar surface area (TPSA) is 76.1 Å². The molecule has 3 aliphatic rings. The van der Waals surface area contributed by atoms with Crippen molar-refractivity contribution in [1.29, 1.82) is 0 Å². The average Bonchev–Trinajstić information content (AvgIpc) is 2.87. The number of rotatable bonds is 4. The number of carbonyl (C=O) groups excluding carboxylic acids is 1. The van der Waals surface area contributed by atoms with E-state index < -0.39 is 34.6 Å². The average molecular weight is 518 g/mol. The number of piperidine rings is 1. The van der Waals surface area contributed by atoms with E-state index in [0.29, 0.717) is 44.7 Å². The number of ether oxygens (including phenoxy) is 2. The molecular weight excluding hydrogens is 487 g/mol. The standard InChI is InChI=1S/C28H30F3NO5/c1-26(12-10-23(33)34)21-15-27(17-36-24(21)20-8-2-3-9-22(20)37-26)11-5-13-32(16-27)25(35)18-6-4-7-19(14-18)28(29,30)31/h2-4,6-9,14,21,24H,5,10-13,15-17H2,1H3,(H,33,34)/t21-,24+,26-,27-/m1/s1. The van der Waals surface area contributed by atoms with Gasteiger partial charge in [-0.15, -0.1) is 0 Å². The zero-order valence-electron chi connectivity index (χ0n) is 20.6. The van der Waals surface area contributed by atoms with Crippen LogP contribution in [0.5, 0.6) is 5.75 Å². The molecule has 0 aliphatic carbocycles. The Bertz CT molecular complexity index is 1200. The largest absolute Gasteiger partial charge is 0.487 e. The Hall–Kier alpha value is -3.07. The highest BCUT2D eigenvalue weighted by molar-refractivity contribution is 5.94. The molecule has 2 saturated heterocycles. The minimum absolute atomic E-state index is 0.0164. The molecule has 2 aromatic carbocycles. The van der Waals surface area contributed by atoms with Gasteiger partial charge in [-0.3, -0.25) is 9.59 Å². The second-order valence-electron chi connectivity index (χ2n) is 10.8. The number of alkyl halides is 3. The number of carboxylic acids is 1. The van der Waals surface area contributed by atoms with E-state index in [1.807, 2.05) is 31.2 Å². The van der Waals surface area contributed by atoms with Gasteiger partial charge in [0.2, 0.25) is 0 Å². The molecule has 6 nitrogen and oxygen atoms in total. The molecule has 9 heteroatoms. The molecule has 1 amide bonds. The van der Waals surface area contributed by atoms with Crippen LogP contribution in [0.3, 0.4) is 0 Å². The number of nitrogens with zero attached hydrogens (tertiary/aromatic N) is 1. The Morgan fingerprint density at radius 2 is 1.95 bits per heavy atom. The number of halogens is 3. The maximum atomic E-state index is 13.3. The fraction of sp³-hybridized carbons (Fsp3) is 0.500. The maximum absolute atomic E-state index is 13.3. The molecule has 198 valence electrons. The number of carboxylic acid groups (broad SMARTS) is 1. The zero-order chi connectivity index (χ0) is 26.4. The Labute approximate surface area is 213 Å². The van der Waals surface area contributed by atoms with Crippen molar-refractivity contribution < 1.29 is 37.3 Å². The summed E-state index contributed by atoms with van der Waals surface area (Å²) in [5.41, 5.74) is -1.07. The van der Waals surface area contributed by atoms with E-state index in [1.165, 1.54) is 12.1 Å². The van der Waals surface area contributed by atoms with Gasteiger partial charge in [0.1, 0.15) is 11.4 Å². The van der Waals surface area contributed by atoms with Crippen LogP contribution in [-0.4, -0.2) is 47.2 Å². The van der Waals surface area contributed by atoms with Crippen LogP contribution in [0.4, 0.5) is 13.2 Å². The third kappa shape index (κ3) is 4.93. The molecule has 0 radical (unpaired) electrons. The molecule has 3 heterocycles. The third-order valence-corrected chi connectivity index (χ3v) is 8.16. The second kappa shape index (κ2) is 9.35. The molecule has 4 atom stereocenters. The van der Waals surface area contributed by atoms with E-state index in [-0.39, 0.29) is 24.0 Å². The number of hydrogen-bond acceptors (Lipinski definition) is 4. The number of likely N-dealkylation sites (tertiary alicyclic amines) is 1. The summed E-state index contributed by atoms with van der Waals surface area (Å²) in [6.07, 6.45) is -2.35. The normalized spacial score (nSPS) is 29.2. The quantitative estimate of drug-likeness (QED) is 0.561. The van der Waals surface area contributed by atoms with Crippen LogP contribution < -0.4 is 4.74 Å². The highest BCUT2D eigenvalue weighted by Crippen LogP contribution is 2.56. The molecule has 0 unspecified atom stereocenters. The molecule has 0 aromatic heterocycles. The van der Waals surface area contributed by atoms with E-state index in [2.05, 4.69) is 0 Å². The van der Waals surface area contributed by atoms with Gasteiger partial charge in [0.05, 0.1) is 18.3 Å². The van der Waals surface area contributed by atoms with Crippen LogP contribution in [0.25, 0.3) is 0 Å². The molecule has 1 N–H and O–H groups in total. The minimum atomic E-state index is -4.52. The summed E-state index contributed by atoms with van der Waals surface area (Å²) in [7, 11) is 0. The Morgan fingerprint density at radius 1 is 1.16 bits per heavy atom. The summed E-state index contributed by atoms with van der Waals surface area (Å²) in [4.78, 5) is 26.3. The molecule has 37 heavy (non-hydrogen) atoms. The summed E-state index contributed by atoms with van der Waals surface area (Å²) in [6.45, 7) is 3.16. The second-order valence-corrected chi connectivity index (χ2v) is 10.8. The van der Waals surface area contributed by atoms with Gasteiger partial charge < -0.3 is 19.5 Å². The van der Waals surface area contributed by atoms with E-state index in [4.69, 9.17) is 9.47 Å². The monoisotopic (exact) mass is 517 g/mol. The number of benzene rings is 2. The van der Waals surface area contributed by atoms with Gasteiger partial charge in [0, 0.05) is 42.0 Å². The Balaban J connectivity index is 1.40. The van der Waals surface area contributed by atoms with Gasteiger partial charge >= 0.3 is 12.1 Å². The van der Waals surface area contributed by atoms with Crippen molar-refractivity contribution in [1.82, 2.24) is 4.90 Å². The van der Waals surface area contributed by atoms with Gasteiger partial charge in [0.15, 0.2) is 0 Å². The lowest BCUT2D eigenvalue weighted by Crippen LogP contribution is -2.57. The van der Waals surface area contributed by atoms with Gasteiger partial charge in [-0.2, -0.15) is 13.2 Å². The van der Waals surface area contributed by atoms with Crippen molar-refractivity contribution in [2.45, 2.75) is 56.9 Å². The van der Waals surface area contributed by atoms with E-state index in [0.717, 1.165) is 24.1 Å². The smallest absolute Gasteiger partial charge is 0.416 e. The predicted octanol–water partition coefficient (Wildman–Crippen LogP) is 5.72. The lowest BCUT2D eigenvalue weighted by Gasteiger charge is -2.55. The van der Waals surface area contributed by atoms with Crippen molar-refractivity contribution in [2.75, 3.05) is 19.7 Å². The Kier molecular flexibility index (Phi) is 6.46. The number of para-hydroxylation sites is 1. The molecule has 0 saturated carbocycles. The molecule has 1 spiro atoms. The molecule has 0 bridgehead atoms. The van der Waals surface area contributed by atoms with Crippen molar-refractivity contribution in [2.24, 2.45) is 11.3 Å². The first-order valence-electron chi connectivity index (χ1n) is 12.6. The summed E-state index contributed by atoms with van der Waals surface area (Å²) in [6, 6.07) is 12.2. The molecule has 5 rings (SSSR count). The summed E-state index contributed by atoms with van der Waals surface area (Å²) in [5, 5.41) is 9.36. The van der Waals surface area contributed by atoms with E-state index in [1.54, 1.807) is 4.90 Å². The number of aliphatic carboxylic acids is 1. The minimum Gasteiger partial charge on any atom is -0.487 e. The van der Waals surface area contributed by atoms with E-state index >= 15 is 0 Å². The first-order chi connectivity index (χ1) is 17.5. The van der Waals surface area contributed by atoms with Crippen LogP contribution in [0.2, 0.25) is 0 Å². The number of hydrogen-bond donors (Lipinski definition) is 1. The molecule has 2 aromatic rings. The number of carbonyl (C=O) groups is 2. The SMILES string of the molecule is C[C@]1(CCC(=O)O)Oc2ccccc2[C@@H]2OC[C@]3(CCCN(C(=O)c4cccc(C(F)(F)F)c4)C3)C[C@H]21. The van der Waals surface area contributed by atoms with Crippen LogP contribution >= 0.6 is 0 Å². The number of amides is 1. The van der Waals surface area contributed by atoms with Crippen molar-refractivity contribution in [3.63, 3.8) is 0 Å². The lowest BCUT2D eigenvalue weighted by molar-refractivity contribution is -0.181. The van der Waals surface area contributed by atoms with E-state index in [9.17, 15) is 27.9 Å². The molecule has 2 fully saturated rings. The highest BCUT2D eigenvalue weighted by atomic mass is 19.4. The number of fused-ring (bicyclic) bond motifs is 3. The van der Waals surface area contributed by atoms with Crippen molar-refractivity contribution in [3.05, 3.63) is 65.2 Å². The predicted molar refractivity (Wildman–Crippen MR) is 128 cm³/mol. The summed E-state index contributed by atoms with van der Waals surface area (Å²) < 4.78 is 52.6.